The van der Waals surface area contributed by atoms with Crippen LogP contribution in [0.1, 0.15) is 33.1 Å². The lowest BCUT2D eigenvalue weighted by Gasteiger charge is -2.37. The lowest BCUT2D eigenvalue weighted by molar-refractivity contribution is 0.0743. The predicted molar refractivity (Wildman–Crippen MR) is 74.5 cm³/mol. The lowest BCUT2D eigenvalue weighted by atomic mass is 9.86. The summed E-state index contributed by atoms with van der Waals surface area (Å²) < 4.78 is 0. The zero-order valence-corrected chi connectivity index (χ0v) is 10.4. The first-order chi connectivity index (χ1) is 9.34. The fraction of sp³-hybridized carbons (Fsp3) is 0.118. The molecule has 1 amide bonds. The molecule has 2 nitrogen and oxygen atoms in total. The first-order valence-electron chi connectivity index (χ1n) is 6.52. The highest BCUT2D eigenvalue weighted by atomic mass is 16.2. The van der Waals surface area contributed by atoms with E-state index in [1.54, 1.807) is 0 Å². The average molecular weight is 247 g/mol. The summed E-state index contributed by atoms with van der Waals surface area (Å²) in [6.45, 7) is 0. The molecule has 0 saturated heterocycles. The van der Waals surface area contributed by atoms with Gasteiger partial charge >= 0.3 is 0 Å². The molecule has 0 fully saturated rings. The fourth-order valence-corrected chi connectivity index (χ4v) is 3.05. The molecule has 0 aliphatic carbocycles. The van der Waals surface area contributed by atoms with Crippen molar-refractivity contribution in [2.45, 2.75) is 12.5 Å². The molecule has 2 aliphatic rings. The molecule has 0 spiro atoms. The molecule has 1 atom stereocenters. The molecule has 92 valence electrons. The fourth-order valence-electron chi connectivity index (χ4n) is 3.05. The maximum absolute atomic E-state index is 12.5. The van der Waals surface area contributed by atoms with Gasteiger partial charge in [-0.05, 0) is 35.3 Å². The molecule has 0 saturated carbocycles. The Morgan fingerprint density at radius 2 is 1.79 bits per heavy atom. The third-order valence-electron chi connectivity index (χ3n) is 4.00. The number of amides is 1. The van der Waals surface area contributed by atoms with Gasteiger partial charge in [0.25, 0.3) is 5.91 Å². The van der Waals surface area contributed by atoms with Gasteiger partial charge in [0.2, 0.25) is 0 Å². The van der Waals surface area contributed by atoms with Crippen LogP contribution in [0, 0.1) is 0 Å². The highest BCUT2D eigenvalue weighted by molar-refractivity contribution is 5.98. The van der Waals surface area contributed by atoms with E-state index in [9.17, 15) is 4.79 Å². The second kappa shape index (κ2) is 3.82. The summed E-state index contributed by atoms with van der Waals surface area (Å²) in [5.41, 5.74) is 4.45. The van der Waals surface area contributed by atoms with Crippen molar-refractivity contribution in [2.24, 2.45) is 0 Å². The summed E-state index contributed by atoms with van der Waals surface area (Å²) >= 11 is 0. The third kappa shape index (κ3) is 1.46. The van der Waals surface area contributed by atoms with Gasteiger partial charge in [0.15, 0.2) is 0 Å². The smallest absolute Gasteiger partial charge is 0.258 e. The van der Waals surface area contributed by atoms with E-state index in [2.05, 4.69) is 18.2 Å². The highest BCUT2D eigenvalue weighted by Crippen LogP contribution is 2.37. The number of carbonyl (C=O) groups is 1. The number of benzene rings is 2. The van der Waals surface area contributed by atoms with E-state index < -0.39 is 0 Å². The van der Waals surface area contributed by atoms with Gasteiger partial charge in [-0.1, -0.05) is 42.5 Å². The van der Waals surface area contributed by atoms with Crippen LogP contribution in [-0.2, 0) is 6.42 Å². The van der Waals surface area contributed by atoms with Gasteiger partial charge in [0.1, 0.15) is 0 Å². The van der Waals surface area contributed by atoms with Crippen LogP contribution in [0.15, 0.2) is 54.7 Å². The molecule has 19 heavy (non-hydrogen) atoms. The molecule has 0 bridgehead atoms. The van der Waals surface area contributed by atoms with Gasteiger partial charge in [0, 0.05) is 11.8 Å². The zero-order chi connectivity index (χ0) is 12.8. The minimum Gasteiger partial charge on any atom is -0.307 e. The first-order valence-corrected chi connectivity index (χ1v) is 6.52. The van der Waals surface area contributed by atoms with Crippen molar-refractivity contribution in [1.82, 2.24) is 4.90 Å². The molecule has 0 N–H and O–H groups in total. The summed E-state index contributed by atoms with van der Waals surface area (Å²) in [6.07, 6.45) is 4.84. The van der Waals surface area contributed by atoms with Gasteiger partial charge in [0.05, 0.1) is 6.04 Å². The lowest BCUT2D eigenvalue weighted by Crippen LogP contribution is -2.38. The number of hydrogen-bond acceptors (Lipinski definition) is 1. The van der Waals surface area contributed by atoms with Crippen LogP contribution >= 0.6 is 0 Å². The van der Waals surface area contributed by atoms with Crippen LogP contribution in [0.2, 0.25) is 0 Å². The second-order valence-corrected chi connectivity index (χ2v) is 5.03. The third-order valence-corrected chi connectivity index (χ3v) is 4.00. The molecule has 2 aliphatic heterocycles. The summed E-state index contributed by atoms with van der Waals surface area (Å²) in [5, 5.41) is 0. The number of carbonyl (C=O) groups excluding carboxylic acids is 1. The van der Waals surface area contributed by atoms with Gasteiger partial charge in [-0.2, -0.15) is 0 Å². The zero-order valence-electron chi connectivity index (χ0n) is 10.4. The average Bonchev–Trinajstić information content (AvgIpc) is 2.47. The SMILES string of the molecule is O=C1c2ccccc2C[C@H]2c3ccccc3C=CN12. The van der Waals surface area contributed by atoms with E-state index >= 15 is 0 Å². The van der Waals surface area contributed by atoms with Crippen LogP contribution in [0.4, 0.5) is 0 Å². The van der Waals surface area contributed by atoms with Crippen molar-refractivity contribution in [3.05, 3.63) is 77.0 Å². The van der Waals surface area contributed by atoms with Gasteiger partial charge < -0.3 is 4.90 Å². The highest BCUT2D eigenvalue weighted by Gasteiger charge is 2.34. The normalized spacial score (nSPS) is 19.7. The second-order valence-electron chi connectivity index (χ2n) is 5.03. The molecule has 0 radical (unpaired) electrons. The quantitative estimate of drug-likeness (QED) is 0.698. The van der Waals surface area contributed by atoms with Crippen molar-refractivity contribution >= 4 is 12.0 Å². The minimum absolute atomic E-state index is 0.109. The van der Waals surface area contributed by atoms with Crippen molar-refractivity contribution in [3.8, 4) is 0 Å². The van der Waals surface area contributed by atoms with E-state index in [1.165, 1.54) is 11.1 Å². The Morgan fingerprint density at radius 1 is 1.00 bits per heavy atom. The van der Waals surface area contributed by atoms with Crippen molar-refractivity contribution < 1.29 is 4.79 Å². The maximum atomic E-state index is 12.5. The van der Waals surface area contributed by atoms with Gasteiger partial charge in [-0.3, -0.25) is 4.79 Å². The molecule has 2 heteroatoms. The van der Waals surface area contributed by atoms with Gasteiger partial charge in [-0.15, -0.1) is 0 Å². The number of nitrogens with zero attached hydrogens (tertiary/aromatic N) is 1. The van der Waals surface area contributed by atoms with Crippen molar-refractivity contribution in [2.75, 3.05) is 0 Å². The summed E-state index contributed by atoms with van der Waals surface area (Å²) in [5.74, 6) is 0.109. The molecule has 0 unspecified atom stereocenters. The Morgan fingerprint density at radius 3 is 2.74 bits per heavy atom. The summed E-state index contributed by atoms with van der Waals surface area (Å²) in [4.78, 5) is 14.4. The largest absolute Gasteiger partial charge is 0.307 e. The molecule has 2 aromatic rings. The van der Waals surface area contributed by atoms with Crippen LogP contribution < -0.4 is 0 Å². The standard InChI is InChI=1S/C17H13NO/c19-17-15-8-4-2-6-13(15)11-16-14-7-3-1-5-12(14)9-10-18(16)17/h1-10,16H,11H2/t16-/m0/s1. The predicted octanol–water partition coefficient (Wildman–Crippen LogP) is 3.41. The molecular weight excluding hydrogens is 234 g/mol. The monoisotopic (exact) mass is 247 g/mol. The van der Waals surface area contributed by atoms with E-state index in [4.69, 9.17) is 0 Å². The van der Waals surface area contributed by atoms with Crippen LogP contribution in [0.5, 0.6) is 0 Å². The minimum atomic E-state index is 0.109. The summed E-state index contributed by atoms with van der Waals surface area (Å²) in [7, 11) is 0. The van der Waals surface area contributed by atoms with Crippen molar-refractivity contribution in [3.63, 3.8) is 0 Å². The Hall–Kier alpha value is -2.35. The van der Waals surface area contributed by atoms with Crippen LogP contribution in [0.3, 0.4) is 0 Å². The van der Waals surface area contributed by atoms with Crippen LogP contribution in [-0.4, -0.2) is 10.8 Å². The Kier molecular flexibility index (Phi) is 2.12. The maximum Gasteiger partial charge on any atom is 0.258 e. The Labute approximate surface area is 112 Å². The molecule has 0 aromatic heterocycles. The first kappa shape index (κ1) is 10.6. The Balaban J connectivity index is 1.89. The number of rotatable bonds is 0. The summed E-state index contributed by atoms with van der Waals surface area (Å²) in [6, 6.07) is 16.4. The van der Waals surface area contributed by atoms with E-state index in [1.807, 2.05) is 47.5 Å². The number of hydrogen-bond donors (Lipinski definition) is 0. The van der Waals surface area contributed by atoms with Crippen LogP contribution in [0.25, 0.3) is 6.08 Å². The van der Waals surface area contributed by atoms with E-state index in [-0.39, 0.29) is 11.9 Å². The Bertz CT molecular complexity index is 702. The van der Waals surface area contributed by atoms with Crippen molar-refractivity contribution in [1.29, 1.82) is 0 Å². The molecule has 2 heterocycles. The topological polar surface area (TPSA) is 20.3 Å². The molecule has 4 rings (SSSR count). The molecular formula is C17H13NO. The van der Waals surface area contributed by atoms with E-state index in [0.29, 0.717) is 0 Å². The van der Waals surface area contributed by atoms with Gasteiger partial charge in [-0.25, -0.2) is 0 Å². The van der Waals surface area contributed by atoms with E-state index in [0.717, 1.165) is 17.5 Å². The number of fused-ring (bicyclic) bond motifs is 4. The molecule has 2 aromatic carbocycles.